The molecule has 0 aliphatic heterocycles. The lowest BCUT2D eigenvalue weighted by Crippen LogP contribution is -2.26. The lowest BCUT2D eigenvalue weighted by molar-refractivity contribution is 0.0689. The van der Waals surface area contributed by atoms with Crippen molar-refractivity contribution in [2.24, 2.45) is 0 Å². The number of aromatic nitrogens is 2. The number of nitrogens with zero attached hydrogens (tertiary/aromatic N) is 3. The second-order valence-corrected chi connectivity index (χ2v) is 3.79. The molecule has 2 rings (SSSR count). The Balaban J connectivity index is 2.55. The monoisotopic (exact) mass is 255 g/mol. The van der Waals surface area contributed by atoms with Crippen LogP contribution < -0.4 is 4.90 Å². The molecule has 18 heavy (non-hydrogen) atoms. The summed E-state index contributed by atoms with van der Waals surface area (Å²) < 4.78 is 26.0. The van der Waals surface area contributed by atoms with E-state index in [1.54, 1.807) is 18.2 Å². The van der Waals surface area contributed by atoms with Gasteiger partial charge in [-0.3, -0.25) is 4.40 Å². The summed E-state index contributed by atoms with van der Waals surface area (Å²) in [4.78, 5) is 16.4. The number of rotatable bonds is 4. The van der Waals surface area contributed by atoms with Gasteiger partial charge in [0.25, 0.3) is 6.43 Å². The summed E-state index contributed by atoms with van der Waals surface area (Å²) in [6, 6.07) is 4.97. The first-order chi connectivity index (χ1) is 8.50. The number of fused-ring (bicyclic) bond motifs is 1. The Kier molecular flexibility index (Phi) is 3.14. The van der Waals surface area contributed by atoms with Gasteiger partial charge in [-0.15, -0.1) is 0 Å². The molecule has 2 aromatic heterocycles. The van der Waals surface area contributed by atoms with E-state index in [1.807, 2.05) is 0 Å². The Bertz CT molecular complexity index is 583. The molecule has 0 amide bonds. The topological polar surface area (TPSA) is 57.8 Å². The molecule has 0 bridgehead atoms. The first kappa shape index (κ1) is 12.3. The molecule has 0 aliphatic rings. The van der Waals surface area contributed by atoms with Crippen molar-refractivity contribution in [3.8, 4) is 0 Å². The maximum atomic E-state index is 12.3. The number of carbonyl (C=O) groups is 1. The number of aromatic carboxylic acids is 1. The van der Waals surface area contributed by atoms with Crippen LogP contribution >= 0.6 is 0 Å². The third kappa shape index (κ3) is 2.11. The van der Waals surface area contributed by atoms with Crippen LogP contribution in [0.1, 0.15) is 10.5 Å². The molecule has 0 unspecified atom stereocenters. The summed E-state index contributed by atoms with van der Waals surface area (Å²) in [5.74, 6) is -1.17. The molecule has 2 aromatic rings. The molecule has 0 radical (unpaired) electrons. The average molecular weight is 255 g/mol. The first-order valence-corrected chi connectivity index (χ1v) is 5.20. The SMILES string of the molecule is CN(CC(F)F)c1nc2ccccn2c1C(=O)O. The van der Waals surface area contributed by atoms with Crippen LogP contribution in [0.3, 0.4) is 0 Å². The molecule has 1 N–H and O–H groups in total. The van der Waals surface area contributed by atoms with Crippen molar-refractivity contribution in [1.29, 1.82) is 0 Å². The molecular weight excluding hydrogens is 244 g/mol. The number of carboxylic acids is 1. The van der Waals surface area contributed by atoms with Gasteiger partial charge in [0.05, 0.1) is 6.54 Å². The molecule has 5 nitrogen and oxygen atoms in total. The van der Waals surface area contributed by atoms with Gasteiger partial charge < -0.3 is 10.0 Å². The maximum Gasteiger partial charge on any atom is 0.356 e. The van der Waals surface area contributed by atoms with Gasteiger partial charge in [0.2, 0.25) is 0 Å². The number of halogens is 2. The normalized spacial score (nSPS) is 11.1. The number of hydrogen-bond donors (Lipinski definition) is 1. The quantitative estimate of drug-likeness (QED) is 0.904. The summed E-state index contributed by atoms with van der Waals surface area (Å²) >= 11 is 0. The van der Waals surface area contributed by atoms with Gasteiger partial charge in [0, 0.05) is 13.2 Å². The Morgan fingerprint density at radius 3 is 2.89 bits per heavy atom. The lowest BCUT2D eigenvalue weighted by atomic mass is 10.4. The molecule has 0 saturated carbocycles. The van der Waals surface area contributed by atoms with Crippen LogP contribution in [-0.2, 0) is 0 Å². The van der Waals surface area contributed by atoms with E-state index in [0.717, 1.165) is 4.90 Å². The molecule has 7 heteroatoms. The summed E-state index contributed by atoms with van der Waals surface area (Å²) in [5, 5.41) is 9.16. The number of carboxylic acid groups (broad SMARTS) is 1. The van der Waals surface area contributed by atoms with Gasteiger partial charge in [0.1, 0.15) is 5.65 Å². The fourth-order valence-corrected chi connectivity index (χ4v) is 1.74. The zero-order valence-electron chi connectivity index (χ0n) is 9.55. The molecule has 96 valence electrons. The maximum absolute atomic E-state index is 12.3. The van der Waals surface area contributed by atoms with E-state index in [9.17, 15) is 13.6 Å². The molecule has 0 fully saturated rings. The predicted octanol–water partition coefficient (Wildman–Crippen LogP) is 1.73. The van der Waals surface area contributed by atoms with Gasteiger partial charge >= 0.3 is 5.97 Å². The Hall–Kier alpha value is -2.18. The standard InChI is InChI=1S/C11H11F2N3O2/c1-15(6-7(12)13)10-9(11(17)18)16-5-3-2-4-8(16)14-10/h2-5,7H,6H2,1H3,(H,17,18). The third-order valence-electron chi connectivity index (χ3n) is 2.49. The highest BCUT2D eigenvalue weighted by molar-refractivity contribution is 5.93. The van der Waals surface area contributed by atoms with Crippen LogP contribution in [0.4, 0.5) is 14.6 Å². The van der Waals surface area contributed by atoms with Crippen molar-refractivity contribution in [2.45, 2.75) is 6.43 Å². The van der Waals surface area contributed by atoms with Gasteiger partial charge in [0.15, 0.2) is 11.5 Å². The Labute approximate surface area is 101 Å². The Morgan fingerprint density at radius 1 is 1.56 bits per heavy atom. The van der Waals surface area contributed by atoms with E-state index >= 15 is 0 Å². The Morgan fingerprint density at radius 2 is 2.28 bits per heavy atom. The average Bonchev–Trinajstić information content (AvgIpc) is 2.67. The minimum atomic E-state index is -2.55. The minimum Gasteiger partial charge on any atom is -0.476 e. The highest BCUT2D eigenvalue weighted by Crippen LogP contribution is 2.21. The molecule has 0 spiro atoms. The fraction of sp³-hybridized carbons (Fsp3) is 0.273. The van der Waals surface area contributed by atoms with Crippen LogP contribution in [0.5, 0.6) is 0 Å². The van der Waals surface area contributed by atoms with Crippen molar-refractivity contribution in [1.82, 2.24) is 9.38 Å². The molecule has 0 aliphatic carbocycles. The fourth-order valence-electron chi connectivity index (χ4n) is 1.74. The van der Waals surface area contributed by atoms with Crippen LogP contribution in [0.15, 0.2) is 24.4 Å². The van der Waals surface area contributed by atoms with E-state index in [0.29, 0.717) is 5.65 Å². The second kappa shape index (κ2) is 4.59. The molecule has 2 heterocycles. The molecule has 0 saturated heterocycles. The summed E-state index contributed by atoms with van der Waals surface area (Å²) in [6.07, 6.45) is -1.02. The van der Waals surface area contributed by atoms with Gasteiger partial charge in [-0.2, -0.15) is 0 Å². The number of anilines is 1. The number of pyridine rings is 1. The first-order valence-electron chi connectivity index (χ1n) is 5.20. The van der Waals surface area contributed by atoms with Gasteiger partial charge in [-0.25, -0.2) is 18.6 Å². The molecule has 0 aromatic carbocycles. The van der Waals surface area contributed by atoms with E-state index in [-0.39, 0.29) is 11.5 Å². The number of alkyl halides is 2. The van der Waals surface area contributed by atoms with Crippen LogP contribution in [-0.4, -0.2) is 40.5 Å². The van der Waals surface area contributed by atoms with E-state index in [4.69, 9.17) is 5.11 Å². The zero-order chi connectivity index (χ0) is 13.3. The molecular formula is C11H11F2N3O2. The number of hydrogen-bond acceptors (Lipinski definition) is 3. The zero-order valence-corrected chi connectivity index (χ0v) is 9.55. The van der Waals surface area contributed by atoms with E-state index < -0.39 is 18.9 Å². The van der Waals surface area contributed by atoms with E-state index in [1.165, 1.54) is 17.6 Å². The smallest absolute Gasteiger partial charge is 0.356 e. The van der Waals surface area contributed by atoms with Crippen molar-refractivity contribution < 1.29 is 18.7 Å². The van der Waals surface area contributed by atoms with Crippen LogP contribution in [0.25, 0.3) is 5.65 Å². The molecule has 0 atom stereocenters. The highest BCUT2D eigenvalue weighted by Gasteiger charge is 2.22. The third-order valence-corrected chi connectivity index (χ3v) is 2.49. The minimum absolute atomic E-state index is 0.0361. The van der Waals surface area contributed by atoms with E-state index in [2.05, 4.69) is 4.98 Å². The summed E-state index contributed by atoms with van der Waals surface area (Å²) in [7, 11) is 1.39. The largest absolute Gasteiger partial charge is 0.476 e. The van der Waals surface area contributed by atoms with Crippen LogP contribution in [0.2, 0.25) is 0 Å². The van der Waals surface area contributed by atoms with Crippen molar-refractivity contribution in [2.75, 3.05) is 18.5 Å². The number of imidazole rings is 1. The van der Waals surface area contributed by atoms with Gasteiger partial charge in [-0.1, -0.05) is 6.07 Å². The van der Waals surface area contributed by atoms with Crippen LogP contribution in [0, 0.1) is 0 Å². The van der Waals surface area contributed by atoms with Crippen molar-refractivity contribution in [3.63, 3.8) is 0 Å². The van der Waals surface area contributed by atoms with Crippen molar-refractivity contribution >= 4 is 17.4 Å². The summed E-state index contributed by atoms with van der Waals surface area (Å²) in [6.45, 7) is -0.565. The highest BCUT2D eigenvalue weighted by atomic mass is 19.3. The second-order valence-electron chi connectivity index (χ2n) is 3.79. The van der Waals surface area contributed by atoms with Crippen molar-refractivity contribution in [3.05, 3.63) is 30.1 Å². The predicted molar refractivity (Wildman–Crippen MR) is 61.4 cm³/mol. The lowest BCUT2D eigenvalue weighted by Gasteiger charge is -2.16. The summed E-state index contributed by atoms with van der Waals surface area (Å²) in [5.41, 5.74) is 0.291. The van der Waals surface area contributed by atoms with Gasteiger partial charge in [-0.05, 0) is 12.1 Å².